The third-order valence-corrected chi connectivity index (χ3v) is 3.79. The van der Waals surface area contributed by atoms with Gasteiger partial charge in [-0.05, 0) is 0 Å². The number of hydrogen-bond donors (Lipinski definition) is 0. The molecule has 0 nitrogen and oxygen atoms in total. The Morgan fingerprint density at radius 2 is 2.50 bits per heavy atom. The van der Waals surface area contributed by atoms with Gasteiger partial charge in [0.2, 0.25) is 0 Å². The Bertz CT molecular complexity index is 58.3. The van der Waals surface area contributed by atoms with E-state index in [1.165, 1.54) is 17.3 Å². The van der Waals surface area contributed by atoms with Crippen LogP contribution in [0.4, 0.5) is 0 Å². The fourth-order valence-corrected chi connectivity index (χ4v) is 2.81. The first kappa shape index (κ1) is 4.62. The molecule has 1 heteroatoms. The molecule has 0 spiro atoms. The number of alkyl halides is 1. The minimum atomic E-state index is 0.485. The molecule has 0 radical (unpaired) electrons. The summed E-state index contributed by atoms with van der Waals surface area (Å²) in [4.78, 5) is 0. The second-order valence-electron chi connectivity index (χ2n) is 1.44. The van der Waals surface area contributed by atoms with Crippen molar-refractivity contribution in [2.75, 3.05) is 4.43 Å². The quantitative estimate of drug-likeness (QED) is 0.322. The first-order chi connectivity index (χ1) is 2.89. The van der Waals surface area contributed by atoms with Gasteiger partial charge in [-0.1, -0.05) is 0 Å². The van der Waals surface area contributed by atoms with Crippen molar-refractivity contribution in [1.29, 1.82) is 0 Å². The van der Waals surface area contributed by atoms with E-state index in [0.29, 0.717) is 21.2 Å². The molecule has 1 heterocycles. The van der Waals surface area contributed by atoms with Gasteiger partial charge in [-0.25, -0.2) is 0 Å². The molecule has 0 bridgehead atoms. The van der Waals surface area contributed by atoms with Crippen LogP contribution in [-0.2, 0) is 0 Å². The van der Waals surface area contributed by atoms with Gasteiger partial charge in [-0.2, -0.15) is 0 Å². The summed E-state index contributed by atoms with van der Waals surface area (Å²) in [5, 5.41) is 0. The molecule has 1 saturated heterocycles. The first-order valence-corrected chi connectivity index (χ1v) is 4.77. The van der Waals surface area contributed by atoms with Crippen LogP contribution in [0.1, 0.15) is 12.8 Å². The molecule has 36 valence electrons. The van der Waals surface area contributed by atoms with E-state index in [2.05, 4.69) is 6.58 Å². The summed E-state index contributed by atoms with van der Waals surface area (Å²) in [6.45, 7) is 3.90. The van der Waals surface area contributed by atoms with E-state index < -0.39 is 0 Å². The molecule has 0 N–H and O–H groups in total. The Balaban J connectivity index is 2.37. The minimum absolute atomic E-state index is 0.485. The molecular formula is C5H8I-. The zero-order chi connectivity index (χ0) is 4.41. The van der Waals surface area contributed by atoms with Gasteiger partial charge < -0.3 is 0 Å². The Labute approximate surface area is 48.9 Å². The van der Waals surface area contributed by atoms with Crippen molar-refractivity contribution in [1.82, 2.24) is 0 Å². The van der Waals surface area contributed by atoms with Crippen LogP contribution in [0, 0.1) is 0 Å². The maximum atomic E-state index is 3.90. The standard InChI is InChI=1S/C5H8I/c1-5-3-2-4-6-5/h1-4H2/q-1. The summed E-state index contributed by atoms with van der Waals surface area (Å²) >= 11 is 0.485. The molecular weight excluding hydrogens is 187 g/mol. The van der Waals surface area contributed by atoms with Crippen LogP contribution in [-0.4, -0.2) is 4.43 Å². The summed E-state index contributed by atoms with van der Waals surface area (Å²) in [7, 11) is 0. The SMILES string of the molecule is C=C1CCC[I-]1. The van der Waals surface area contributed by atoms with Gasteiger partial charge >= 0.3 is 48.6 Å². The number of allylic oxidation sites excluding steroid dienone is 1. The molecule has 0 aromatic heterocycles. The van der Waals surface area contributed by atoms with Crippen LogP contribution in [0.2, 0.25) is 0 Å². The Morgan fingerprint density at radius 1 is 1.67 bits per heavy atom. The van der Waals surface area contributed by atoms with Crippen molar-refractivity contribution in [3.8, 4) is 0 Å². The molecule has 0 unspecified atom stereocenters. The molecule has 0 aromatic carbocycles. The Kier molecular flexibility index (Phi) is 1.51. The van der Waals surface area contributed by atoms with E-state index >= 15 is 0 Å². The van der Waals surface area contributed by atoms with E-state index in [9.17, 15) is 0 Å². The molecule has 1 aliphatic rings. The van der Waals surface area contributed by atoms with Crippen LogP contribution in [0.3, 0.4) is 0 Å². The normalized spacial score (nSPS) is 23.7. The van der Waals surface area contributed by atoms with Crippen LogP contribution in [0.5, 0.6) is 0 Å². The van der Waals surface area contributed by atoms with Crippen LogP contribution in [0.25, 0.3) is 0 Å². The van der Waals surface area contributed by atoms with Gasteiger partial charge in [0.25, 0.3) is 0 Å². The average molecular weight is 195 g/mol. The molecule has 0 saturated carbocycles. The summed E-state index contributed by atoms with van der Waals surface area (Å²) < 4.78 is 3.06. The van der Waals surface area contributed by atoms with Gasteiger partial charge in [0, 0.05) is 0 Å². The van der Waals surface area contributed by atoms with Crippen molar-refractivity contribution < 1.29 is 21.2 Å². The third-order valence-electron chi connectivity index (χ3n) is 0.865. The van der Waals surface area contributed by atoms with E-state index in [1.807, 2.05) is 0 Å². The molecule has 6 heavy (non-hydrogen) atoms. The molecule has 0 atom stereocenters. The fourth-order valence-electron chi connectivity index (χ4n) is 0.526. The molecule has 0 aromatic rings. The number of rotatable bonds is 0. The Morgan fingerprint density at radius 3 is 2.67 bits per heavy atom. The van der Waals surface area contributed by atoms with E-state index in [4.69, 9.17) is 0 Å². The van der Waals surface area contributed by atoms with Crippen molar-refractivity contribution in [2.45, 2.75) is 12.8 Å². The zero-order valence-electron chi connectivity index (χ0n) is 3.71. The van der Waals surface area contributed by atoms with Crippen molar-refractivity contribution in [2.24, 2.45) is 0 Å². The molecule has 0 aliphatic carbocycles. The predicted octanol–water partition coefficient (Wildman–Crippen LogP) is -1.62. The van der Waals surface area contributed by atoms with Gasteiger partial charge in [0.05, 0.1) is 0 Å². The van der Waals surface area contributed by atoms with Gasteiger partial charge in [-0.3, -0.25) is 0 Å². The summed E-state index contributed by atoms with van der Waals surface area (Å²) in [6.07, 6.45) is 2.78. The molecule has 0 amide bonds. The monoisotopic (exact) mass is 195 g/mol. The predicted molar refractivity (Wildman–Crippen MR) is 23.2 cm³/mol. The van der Waals surface area contributed by atoms with Crippen molar-refractivity contribution >= 4 is 0 Å². The summed E-state index contributed by atoms with van der Waals surface area (Å²) in [6, 6.07) is 0. The summed E-state index contributed by atoms with van der Waals surface area (Å²) in [5.74, 6) is 0. The molecule has 1 fully saturated rings. The van der Waals surface area contributed by atoms with Gasteiger partial charge in [0.15, 0.2) is 0 Å². The van der Waals surface area contributed by atoms with Crippen LogP contribution < -0.4 is 21.2 Å². The Hall–Kier alpha value is 0.470. The van der Waals surface area contributed by atoms with E-state index in [1.54, 1.807) is 3.58 Å². The second-order valence-corrected chi connectivity index (χ2v) is 4.81. The van der Waals surface area contributed by atoms with Gasteiger partial charge in [0.1, 0.15) is 0 Å². The number of hydrogen-bond acceptors (Lipinski definition) is 0. The number of halogens is 1. The van der Waals surface area contributed by atoms with Gasteiger partial charge in [-0.15, -0.1) is 0 Å². The van der Waals surface area contributed by atoms with Crippen LogP contribution in [0.15, 0.2) is 10.2 Å². The summed E-state index contributed by atoms with van der Waals surface area (Å²) in [5.41, 5.74) is 0. The maximum absolute atomic E-state index is 3.90. The average Bonchev–Trinajstić information content (AvgIpc) is 1.86. The molecule has 1 rings (SSSR count). The van der Waals surface area contributed by atoms with E-state index in [0.717, 1.165) is 0 Å². The molecule has 1 aliphatic heterocycles. The van der Waals surface area contributed by atoms with E-state index in [-0.39, 0.29) is 0 Å². The first-order valence-electron chi connectivity index (χ1n) is 2.16. The second kappa shape index (κ2) is 1.96. The van der Waals surface area contributed by atoms with Crippen molar-refractivity contribution in [3.63, 3.8) is 0 Å². The topological polar surface area (TPSA) is 0 Å². The van der Waals surface area contributed by atoms with Crippen molar-refractivity contribution in [3.05, 3.63) is 10.2 Å². The zero-order valence-corrected chi connectivity index (χ0v) is 5.86. The third kappa shape index (κ3) is 0.965. The van der Waals surface area contributed by atoms with Crippen LogP contribution >= 0.6 is 0 Å². The fraction of sp³-hybridized carbons (Fsp3) is 0.600.